The second kappa shape index (κ2) is 13.8. The van der Waals surface area contributed by atoms with Gasteiger partial charge in [-0.25, -0.2) is 0 Å². The molecule has 0 heterocycles. The van der Waals surface area contributed by atoms with Gasteiger partial charge in [0, 0.05) is 46.4 Å². The van der Waals surface area contributed by atoms with E-state index in [9.17, 15) is 19.7 Å². The Bertz CT molecular complexity index is 1300. The molecule has 0 saturated carbocycles. The molecule has 0 aromatic heterocycles. The average Bonchev–Trinajstić information content (AvgIpc) is 2.87. The van der Waals surface area contributed by atoms with Gasteiger partial charge in [0.2, 0.25) is 11.8 Å². The Morgan fingerprint density at radius 1 is 1.00 bits per heavy atom. The monoisotopic (exact) mass is 587 g/mol. The summed E-state index contributed by atoms with van der Waals surface area (Å²) in [4.78, 5) is 39.4. The first-order valence-corrected chi connectivity index (χ1v) is 14.2. The summed E-state index contributed by atoms with van der Waals surface area (Å²) in [5.74, 6) is 0.107. The van der Waals surface area contributed by atoms with Gasteiger partial charge in [-0.15, -0.1) is 11.8 Å². The molecule has 1 N–H and O–H groups in total. The van der Waals surface area contributed by atoms with Crippen molar-refractivity contribution in [2.45, 2.75) is 51.1 Å². The lowest BCUT2D eigenvalue weighted by molar-refractivity contribution is -0.384. The van der Waals surface area contributed by atoms with E-state index < -0.39 is 16.5 Å². The Kier molecular flexibility index (Phi) is 10.8. The lowest BCUT2D eigenvalue weighted by atomic mass is 10.0. The van der Waals surface area contributed by atoms with Crippen molar-refractivity contribution in [2.75, 3.05) is 5.75 Å². The fourth-order valence-corrected chi connectivity index (χ4v) is 5.23. The van der Waals surface area contributed by atoms with Crippen LogP contribution in [0.4, 0.5) is 5.69 Å². The van der Waals surface area contributed by atoms with E-state index in [-0.39, 0.29) is 29.8 Å². The predicted molar refractivity (Wildman–Crippen MR) is 158 cm³/mol. The van der Waals surface area contributed by atoms with Gasteiger partial charge in [-0.05, 0) is 49.6 Å². The lowest BCUT2D eigenvalue weighted by Crippen LogP contribution is -2.54. The summed E-state index contributed by atoms with van der Waals surface area (Å²) in [6.45, 7) is 5.81. The minimum Gasteiger partial charge on any atom is -0.350 e. The standard InChI is InChI=1S/C29H31Cl2N3O4S/c1-29(2,3)32-28(36)26(15-20-7-5-4-6-8-20)33(17-22-11-12-23(30)16-25(22)31)27(35)19-39-18-21-9-13-24(14-10-21)34(37)38/h4-14,16,26H,15,17-19H2,1-3H3,(H,32,36). The highest BCUT2D eigenvalue weighted by atomic mass is 35.5. The molecule has 0 bridgehead atoms. The zero-order valence-corrected chi connectivity index (χ0v) is 24.4. The average molecular weight is 589 g/mol. The Hall–Kier alpha value is -3.07. The molecule has 7 nitrogen and oxygen atoms in total. The maximum absolute atomic E-state index is 13.7. The summed E-state index contributed by atoms with van der Waals surface area (Å²) in [5, 5.41) is 14.8. The van der Waals surface area contributed by atoms with Gasteiger partial charge in [0.25, 0.3) is 5.69 Å². The molecule has 3 rings (SSSR count). The van der Waals surface area contributed by atoms with Crippen LogP contribution in [-0.4, -0.2) is 39.0 Å². The molecule has 0 spiro atoms. The smallest absolute Gasteiger partial charge is 0.269 e. The molecule has 0 radical (unpaired) electrons. The molecule has 206 valence electrons. The number of nitrogens with one attached hydrogen (secondary N) is 1. The van der Waals surface area contributed by atoms with E-state index in [0.29, 0.717) is 27.8 Å². The van der Waals surface area contributed by atoms with Crippen LogP contribution < -0.4 is 5.32 Å². The van der Waals surface area contributed by atoms with E-state index in [1.54, 1.807) is 35.2 Å². The molecular formula is C29H31Cl2N3O4S. The molecule has 3 aromatic rings. The molecule has 0 aliphatic heterocycles. The summed E-state index contributed by atoms with van der Waals surface area (Å²) in [5.41, 5.74) is 1.97. The number of amides is 2. The van der Waals surface area contributed by atoms with Crippen LogP contribution in [0.3, 0.4) is 0 Å². The summed E-state index contributed by atoms with van der Waals surface area (Å²) >= 11 is 13.9. The number of rotatable bonds is 11. The van der Waals surface area contributed by atoms with E-state index >= 15 is 0 Å². The van der Waals surface area contributed by atoms with Crippen LogP contribution in [0.5, 0.6) is 0 Å². The molecule has 39 heavy (non-hydrogen) atoms. The maximum Gasteiger partial charge on any atom is 0.269 e. The lowest BCUT2D eigenvalue weighted by Gasteiger charge is -2.34. The fourth-order valence-electron chi connectivity index (χ4n) is 3.89. The van der Waals surface area contributed by atoms with Gasteiger partial charge in [0.15, 0.2) is 0 Å². The summed E-state index contributed by atoms with van der Waals surface area (Å²) in [7, 11) is 0. The summed E-state index contributed by atoms with van der Waals surface area (Å²) < 4.78 is 0. The van der Waals surface area contributed by atoms with Crippen LogP contribution in [0.25, 0.3) is 0 Å². The van der Waals surface area contributed by atoms with Crippen molar-refractivity contribution in [3.05, 3.63) is 110 Å². The SMILES string of the molecule is CC(C)(C)NC(=O)C(Cc1ccccc1)N(Cc1ccc(Cl)cc1Cl)C(=O)CSCc1ccc([N+](=O)[O-])cc1. The molecule has 1 unspecified atom stereocenters. The van der Waals surface area contributed by atoms with Crippen LogP contribution in [-0.2, 0) is 28.3 Å². The highest BCUT2D eigenvalue weighted by Gasteiger charge is 2.32. The normalized spacial score (nSPS) is 12.0. The zero-order chi connectivity index (χ0) is 28.6. The first-order valence-electron chi connectivity index (χ1n) is 12.3. The van der Waals surface area contributed by atoms with Crippen molar-refractivity contribution in [3.63, 3.8) is 0 Å². The minimum atomic E-state index is -0.786. The van der Waals surface area contributed by atoms with E-state index in [1.807, 2.05) is 51.1 Å². The molecule has 10 heteroatoms. The van der Waals surface area contributed by atoms with Crippen molar-refractivity contribution in [1.82, 2.24) is 10.2 Å². The largest absolute Gasteiger partial charge is 0.350 e. The highest BCUT2D eigenvalue weighted by molar-refractivity contribution is 7.99. The van der Waals surface area contributed by atoms with Crippen molar-refractivity contribution in [3.8, 4) is 0 Å². The Morgan fingerprint density at radius 2 is 1.67 bits per heavy atom. The van der Waals surface area contributed by atoms with E-state index in [2.05, 4.69) is 5.32 Å². The summed E-state index contributed by atoms with van der Waals surface area (Å²) in [6.07, 6.45) is 0.326. The third-order valence-corrected chi connectivity index (χ3v) is 7.34. The number of nitro groups is 1. The summed E-state index contributed by atoms with van der Waals surface area (Å²) in [6, 6.07) is 20.1. The van der Waals surface area contributed by atoms with E-state index in [4.69, 9.17) is 23.2 Å². The number of nitrogens with zero attached hydrogens (tertiary/aromatic N) is 2. The van der Waals surface area contributed by atoms with Gasteiger partial charge in [-0.1, -0.05) is 71.7 Å². The molecule has 2 amide bonds. The highest BCUT2D eigenvalue weighted by Crippen LogP contribution is 2.25. The Balaban J connectivity index is 1.87. The Morgan fingerprint density at radius 3 is 2.26 bits per heavy atom. The topological polar surface area (TPSA) is 92.6 Å². The third kappa shape index (κ3) is 9.56. The van der Waals surface area contributed by atoms with Gasteiger partial charge in [-0.2, -0.15) is 0 Å². The first kappa shape index (κ1) is 30.5. The minimum absolute atomic E-state index is 0.0134. The Labute approximate surface area is 243 Å². The number of hydrogen-bond acceptors (Lipinski definition) is 5. The number of non-ortho nitro benzene ring substituents is 1. The maximum atomic E-state index is 13.7. The molecule has 0 fully saturated rings. The van der Waals surface area contributed by atoms with Gasteiger partial charge >= 0.3 is 0 Å². The number of nitro benzene ring substituents is 1. The number of thioether (sulfide) groups is 1. The van der Waals surface area contributed by atoms with Crippen LogP contribution >= 0.6 is 35.0 Å². The second-order valence-corrected chi connectivity index (χ2v) is 11.9. The zero-order valence-electron chi connectivity index (χ0n) is 22.0. The third-order valence-electron chi connectivity index (χ3n) is 5.77. The number of benzene rings is 3. The van der Waals surface area contributed by atoms with Crippen LogP contribution in [0.1, 0.15) is 37.5 Å². The van der Waals surface area contributed by atoms with Crippen LogP contribution in [0.2, 0.25) is 10.0 Å². The number of carbonyl (C=O) groups excluding carboxylic acids is 2. The number of carbonyl (C=O) groups is 2. The van der Waals surface area contributed by atoms with Crippen LogP contribution in [0.15, 0.2) is 72.8 Å². The molecule has 0 saturated heterocycles. The predicted octanol–water partition coefficient (Wildman–Crippen LogP) is 6.69. The van der Waals surface area contributed by atoms with E-state index in [0.717, 1.165) is 11.1 Å². The number of hydrogen-bond donors (Lipinski definition) is 1. The van der Waals surface area contributed by atoms with Gasteiger partial charge in [-0.3, -0.25) is 19.7 Å². The molecule has 3 aromatic carbocycles. The van der Waals surface area contributed by atoms with Gasteiger partial charge in [0.05, 0.1) is 10.7 Å². The van der Waals surface area contributed by atoms with Gasteiger partial charge < -0.3 is 10.2 Å². The molecular weight excluding hydrogens is 557 g/mol. The van der Waals surface area contributed by atoms with Crippen molar-refractivity contribution in [2.24, 2.45) is 0 Å². The quantitative estimate of drug-likeness (QED) is 0.199. The number of halogens is 2. The first-order chi connectivity index (χ1) is 18.4. The van der Waals surface area contributed by atoms with Crippen molar-refractivity contribution in [1.29, 1.82) is 0 Å². The second-order valence-electron chi connectivity index (χ2n) is 10.1. The fraction of sp³-hybridized carbons (Fsp3) is 0.310. The van der Waals surface area contributed by atoms with Crippen molar-refractivity contribution >= 4 is 52.5 Å². The van der Waals surface area contributed by atoms with E-state index in [1.165, 1.54) is 23.9 Å². The molecule has 0 aliphatic carbocycles. The molecule has 1 atom stereocenters. The van der Waals surface area contributed by atoms with Gasteiger partial charge in [0.1, 0.15) is 6.04 Å². The van der Waals surface area contributed by atoms with Crippen molar-refractivity contribution < 1.29 is 14.5 Å². The van der Waals surface area contributed by atoms with Crippen LogP contribution in [0, 0.1) is 10.1 Å². The molecule has 0 aliphatic rings.